The first-order valence-corrected chi connectivity index (χ1v) is 5.88. The van der Waals surface area contributed by atoms with Crippen LogP contribution in [0.15, 0.2) is 18.7 Å². The number of hydrogen-bond acceptors (Lipinski definition) is 5. The Morgan fingerprint density at radius 1 is 1.56 bits per heavy atom. The van der Waals surface area contributed by atoms with Gasteiger partial charge in [0.15, 0.2) is 5.82 Å². The number of carboxylic acid groups (broad SMARTS) is 1. The van der Waals surface area contributed by atoms with Crippen LogP contribution in [0.4, 0.5) is 5.82 Å². The predicted octanol–water partition coefficient (Wildman–Crippen LogP) is 0.568. The Morgan fingerprint density at radius 3 is 3.28 bits per heavy atom. The molecule has 0 aromatic carbocycles. The van der Waals surface area contributed by atoms with Crippen LogP contribution in [0.2, 0.25) is 0 Å². The van der Waals surface area contributed by atoms with Crippen molar-refractivity contribution in [1.82, 2.24) is 19.6 Å². The molecule has 18 heavy (non-hydrogen) atoms. The third-order valence-electron chi connectivity index (χ3n) is 3.26. The van der Waals surface area contributed by atoms with Gasteiger partial charge < -0.3 is 10.0 Å². The smallest absolute Gasteiger partial charge is 0.305 e. The molecule has 0 radical (unpaired) electrons. The summed E-state index contributed by atoms with van der Waals surface area (Å²) in [7, 11) is 0. The topological polar surface area (TPSA) is 83.6 Å². The molecule has 0 saturated carbocycles. The molecule has 94 valence electrons. The molecule has 1 unspecified atom stereocenters. The van der Waals surface area contributed by atoms with Crippen molar-refractivity contribution in [3.05, 3.63) is 18.7 Å². The maximum atomic E-state index is 10.9. The second-order valence-corrected chi connectivity index (χ2v) is 4.40. The lowest BCUT2D eigenvalue weighted by Gasteiger charge is -2.24. The number of carbonyl (C=O) groups is 1. The second-order valence-electron chi connectivity index (χ2n) is 4.40. The summed E-state index contributed by atoms with van der Waals surface area (Å²) in [6, 6.07) is -0.00194. The Hall–Kier alpha value is -2.18. The van der Waals surface area contributed by atoms with Crippen molar-refractivity contribution in [2.45, 2.75) is 25.3 Å². The highest BCUT2D eigenvalue weighted by Crippen LogP contribution is 2.27. The normalized spacial score (nSPS) is 19.6. The van der Waals surface area contributed by atoms with Crippen molar-refractivity contribution in [3.8, 4) is 0 Å². The molecule has 0 amide bonds. The van der Waals surface area contributed by atoms with E-state index >= 15 is 0 Å². The second kappa shape index (κ2) is 4.25. The summed E-state index contributed by atoms with van der Waals surface area (Å²) in [5, 5.41) is 16.8. The number of carboxylic acids is 1. The Bertz CT molecular complexity index is 582. The average Bonchev–Trinajstić information content (AvgIpc) is 2.95. The predicted molar refractivity (Wildman–Crippen MR) is 63.4 cm³/mol. The number of rotatable bonds is 3. The van der Waals surface area contributed by atoms with Crippen LogP contribution < -0.4 is 4.90 Å². The number of hydrogen-bond donors (Lipinski definition) is 1. The maximum Gasteiger partial charge on any atom is 0.305 e. The summed E-state index contributed by atoms with van der Waals surface area (Å²) in [5.74, 6) is -0.0564. The van der Waals surface area contributed by atoms with Crippen molar-refractivity contribution in [3.63, 3.8) is 0 Å². The molecule has 1 fully saturated rings. The molecule has 0 aliphatic carbocycles. The Morgan fingerprint density at radius 2 is 2.44 bits per heavy atom. The molecule has 2 aromatic heterocycles. The van der Waals surface area contributed by atoms with Gasteiger partial charge in [-0.15, -0.1) is 10.2 Å². The van der Waals surface area contributed by atoms with E-state index in [1.165, 1.54) is 0 Å². The summed E-state index contributed by atoms with van der Waals surface area (Å²) in [5.41, 5.74) is 0.676. The first-order chi connectivity index (χ1) is 8.75. The highest BCUT2D eigenvalue weighted by molar-refractivity contribution is 5.70. The van der Waals surface area contributed by atoms with Gasteiger partial charge in [0.1, 0.15) is 6.33 Å². The average molecular weight is 247 g/mol. The summed E-state index contributed by atoms with van der Waals surface area (Å²) >= 11 is 0. The monoisotopic (exact) mass is 247 g/mol. The molecule has 1 N–H and O–H groups in total. The van der Waals surface area contributed by atoms with Gasteiger partial charge in [0, 0.05) is 25.0 Å². The van der Waals surface area contributed by atoms with Crippen LogP contribution in [0.1, 0.15) is 19.3 Å². The van der Waals surface area contributed by atoms with Gasteiger partial charge in [-0.05, 0) is 12.8 Å². The molecule has 2 aromatic rings. The van der Waals surface area contributed by atoms with Crippen LogP contribution in [-0.4, -0.2) is 43.2 Å². The van der Waals surface area contributed by atoms with E-state index in [9.17, 15) is 4.79 Å². The van der Waals surface area contributed by atoms with Crippen LogP contribution >= 0.6 is 0 Å². The van der Waals surface area contributed by atoms with Crippen molar-refractivity contribution < 1.29 is 9.90 Å². The SMILES string of the molecule is O=C(O)CC1CCCN1c1nccn2cnnc12. The highest BCUT2D eigenvalue weighted by Gasteiger charge is 2.29. The van der Waals surface area contributed by atoms with E-state index in [-0.39, 0.29) is 12.5 Å². The fraction of sp³-hybridized carbons (Fsp3) is 0.455. The van der Waals surface area contributed by atoms with Gasteiger partial charge in [-0.2, -0.15) is 0 Å². The van der Waals surface area contributed by atoms with Crippen LogP contribution in [-0.2, 0) is 4.79 Å². The van der Waals surface area contributed by atoms with Gasteiger partial charge in [-0.25, -0.2) is 4.98 Å². The fourth-order valence-corrected chi connectivity index (χ4v) is 2.48. The minimum Gasteiger partial charge on any atom is -0.481 e. The Kier molecular flexibility index (Phi) is 2.58. The van der Waals surface area contributed by atoms with Gasteiger partial charge in [-0.3, -0.25) is 9.20 Å². The Labute approximate surface area is 103 Å². The molecule has 0 bridgehead atoms. The molecule has 1 aliphatic heterocycles. The van der Waals surface area contributed by atoms with E-state index in [1.54, 1.807) is 23.1 Å². The summed E-state index contributed by atoms with van der Waals surface area (Å²) < 4.78 is 1.79. The van der Waals surface area contributed by atoms with Crippen molar-refractivity contribution in [2.24, 2.45) is 0 Å². The fourth-order valence-electron chi connectivity index (χ4n) is 2.48. The van der Waals surface area contributed by atoms with E-state index in [0.717, 1.165) is 25.2 Å². The van der Waals surface area contributed by atoms with Crippen LogP contribution in [0.5, 0.6) is 0 Å². The molecule has 3 heterocycles. The third-order valence-corrected chi connectivity index (χ3v) is 3.26. The molecule has 0 spiro atoms. The third kappa shape index (κ3) is 1.77. The zero-order valence-corrected chi connectivity index (χ0v) is 9.73. The highest BCUT2D eigenvalue weighted by atomic mass is 16.4. The van der Waals surface area contributed by atoms with Gasteiger partial charge >= 0.3 is 5.97 Å². The number of fused-ring (bicyclic) bond motifs is 1. The van der Waals surface area contributed by atoms with E-state index < -0.39 is 5.97 Å². The molecule has 3 rings (SSSR count). The van der Waals surface area contributed by atoms with E-state index in [2.05, 4.69) is 15.2 Å². The summed E-state index contributed by atoms with van der Waals surface area (Å²) in [6.45, 7) is 0.817. The van der Waals surface area contributed by atoms with Crippen LogP contribution in [0.25, 0.3) is 5.65 Å². The van der Waals surface area contributed by atoms with E-state index in [0.29, 0.717) is 5.65 Å². The molecule has 7 heteroatoms. The lowest BCUT2D eigenvalue weighted by atomic mass is 10.1. The van der Waals surface area contributed by atoms with Gasteiger partial charge in [-0.1, -0.05) is 0 Å². The number of nitrogens with zero attached hydrogens (tertiary/aromatic N) is 5. The zero-order chi connectivity index (χ0) is 12.5. The molecular formula is C11H13N5O2. The molecular weight excluding hydrogens is 234 g/mol. The minimum absolute atomic E-state index is 0.00194. The van der Waals surface area contributed by atoms with Gasteiger partial charge in [0.05, 0.1) is 6.42 Å². The number of aromatic nitrogens is 4. The lowest BCUT2D eigenvalue weighted by molar-refractivity contribution is -0.137. The van der Waals surface area contributed by atoms with Gasteiger partial charge in [0.2, 0.25) is 5.65 Å². The molecule has 1 aliphatic rings. The summed E-state index contributed by atoms with van der Waals surface area (Å²) in [6.07, 6.45) is 7.07. The van der Waals surface area contributed by atoms with Crippen LogP contribution in [0.3, 0.4) is 0 Å². The Balaban J connectivity index is 1.98. The van der Waals surface area contributed by atoms with Gasteiger partial charge in [0.25, 0.3) is 0 Å². The first kappa shape index (κ1) is 10.9. The summed E-state index contributed by atoms with van der Waals surface area (Å²) in [4.78, 5) is 17.2. The van der Waals surface area contributed by atoms with Crippen molar-refractivity contribution in [2.75, 3.05) is 11.4 Å². The van der Waals surface area contributed by atoms with Crippen molar-refractivity contribution in [1.29, 1.82) is 0 Å². The van der Waals surface area contributed by atoms with E-state index in [4.69, 9.17) is 5.11 Å². The molecule has 1 saturated heterocycles. The van der Waals surface area contributed by atoms with E-state index in [1.807, 2.05) is 4.90 Å². The standard InChI is InChI=1S/C11H13N5O2/c17-9(18)6-8-2-1-4-16(8)10-11-14-13-7-15(11)5-3-12-10/h3,5,7-8H,1-2,4,6H2,(H,17,18). The quantitative estimate of drug-likeness (QED) is 0.853. The van der Waals surface area contributed by atoms with Crippen LogP contribution in [0, 0.1) is 0 Å². The lowest BCUT2D eigenvalue weighted by Crippen LogP contribution is -2.32. The maximum absolute atomic E-state index is 10.9. The van der Waals surface area contributed by atoms with Crippen molar-refractivity contribution >= 4 is 17.4 Å². The number of aliphatic carboxylic acids is 1. The molecule has 1 atom stereocenters. The minimum atomic E-state index is -0.777. The molecule has 7 nitrogen and oxygen atoms in total. The largest absolute Gasteiger partial charge is 0.481 e. The first-order valence-electron chi connectivity index (χ1n) is 5.88. The zero-order valence-electron chi connectivity index (χ0n) is 9.73. The number of anilines is 1.